The maximum Gasteiger partial charge on any atom is 0.253 e. The standard InChI is InChI=1S/C23H22N2O2/c1-24(16-18-12-6-9-15-21(18)27-2)25-20-14-8-7-13-19(20)22(23(25)26)17-10-4-3-5-11-17/h3-15,22H,16H2,1-2H3/t22-/m0/s1. The van der Waals surface area contributed by atoms with Crippen molar-refractivity contribution in [2.45, 2.75) is 12.5 Å². The van der Waals surface area contributed by atoms with Crippen molar-refractivity contribution in [3.05, 3.63) is 95.6 Å². The summed E-state index contributed by atoms with van der Waals surface area (Å²) in [6, 6.07) is 25.9. The van der Waals surface area contributed by atoms with E-state index in [-0.39, 0.29) is 11.8 Å². The van der Waals surface area contributed by atoms with E-state index >= 15 is 0 Å². The molecule has 1 aliphatic rings. The molecule has 1 atom stereocenters. The molecule has 0 aliphatic carbocycles. The number of methoxy groups -OCH3 is 1. The van der Waals surface area contributed by atoms with Crippen LogP contribution in [0, 0.1) is 0 Å². The number of anilines is 1. The van der Waals surface area contributed by atoms with Gasteiger partial charge < -0.3 is 4.74 Å². The topological polar surface area (TPSA) is 32.8 Å². The first kappa shape index (κ1) is 17.3. The largest absolute Gasteiger partial charge is 0.496 e. The second-order valence-electron chi connectivity index (χ2n) is 6.68. The molecule has 0 spiro atoms. The lowest BCUT2D eigenvalue weighted by Gasteiger charge is -2.29. The van der Waals surface area contributed by atoms with Gasteiger partial charge in [-0.25, -0.2) is 10.0 Å². The molecular weight excluding hydrogens is 336 g/mol. The van der Waals surface area contributed by atoms with Gasteiger partial charge in [-0.2, -0.15) is 0 Å². The van der Waals surface area contributed by atoms with E-state index in [0.717, 1.165) is 28.1 Å². The Kier molecular flexibility index (Phi) is 4.65. The predicted molar refractivity (Wildman–Crippen MR) is 107 cm³/mol. The monoisotopic (exact) mass is 358 g/mol. The first-order valence-electron chi connectivity index (χ1n) is 9.01. The van der Waals surface area contributed by atoms with Gasteiger partial charge in [0.15, 0.2) is 0 Å². The Labute approximate surface area is 159 Å². The Morgan fingerprint density at radius 3 is 2.37 bits per heavy atom. The van der Waals surface area contributed by atoms with Gasteiger partial charge in [0.05, 0.1) is 18.7 Å². The number of benzene rings is 3. The van der Waals surface area contributed by atoms with Crippen molar-refractivity contribution in [1.29, 1.82) is 0 Å². The van der Waals surface area contributed by atoms with Crippen LogP contribution in [0.1, 0.15) is 22.6 Å². The molecule has 0 aromatic heterocycles. The normalized spacial score (nSPS) is 15.9. The minimum Gasteiger partial charge on any atom is -0.496 e. The zero-order valence-electron chi connectivity index (χ0n) is 15.5. The van der Waals surface area contributed by atoms with E-state index in [4.69, 9.17) is 4.74 Å². The Hall–Kier alpha value is -3.11. The quantitative estimate of drug-likeness (QED) is 0.685. The number of hydrogen-bond donors (Lipinski definition) is 0. The summed E-state index contributed by atoms with van der Waals surface area (Å²) in [4.78, 5) is 13.4. The van der Waals surface area contributed by atoms with Gasteiger partial charge in [0.2, 0.25) is 0 Å². The lowest BCUT2D eigenvalue weighted by Crippen LogP contribution is -2.42. The average molecular weight is 358 g/mol. The maximum absolute atomic E-state index is 13.4. The lowest BCUT2D eigenvalue weighted by atomic mass is 9.93. The van der Waals surface area contributed by atoms with Crippen molar-refractivity contribution in [1.82, 2.24) is 5.01 Å². The number of rotatable bonds is 5. The van der Waals surface area contributed by atoms with E-state index in [2.05, 4.69) is 0 Å². The molecule has 0 fully saturated rings. The van der Waals surface area contributed by atoms with Crippen molar-refractivity contribution in [3.63, 3.8) is 0 Å². The summed E-state index contributed by atoms with van der Waals surface area (Å²) in [5.41, 5.74) is 4.04. The van der Waals surface area contributed by atoms with E-state index in [1.54, 1.807) is 12.1 Å². The Morgan fingerprint density at radius 1 is 0.926 bits per heavy atom. The second-order valence-corrected chi connectivity index (χ2v) is 6.68. The Morgan fingerprint density at radius 2 is 1.59 bits per heavy atom. The molecule has 0 saturated carbocycles. The number of para-hydroxylation sites is 2. The molecule has 0 unspecified atom stereocenters. The van der Waals surface area contributed by atoms with Crippen LogP contribution in [0.3, 0.4) is 0 Å². The van der Waals surface area contributed by atoms with Crippen molar-refractivity contribution in [2.24, 2.45) is 0 Å². The first-order valence-corrected chi connectivity index (χ1v) is 9.01. The van der Waals surface area contributed by atoms with Gasteiger partial charge in [0.25, 0.3) is 5.91 Å². The van der Waals surface area contributed by atoms with Crippen LogP contribution < -0.4 is 9.75 Å². The third-order valence-corrected chi connectivity index (χ3v) is 5.00. The molecule has 0 saturated heterocycles. The number of nitrogens with zero attached hydrogens (tertiary/aromatic N) is 2. The lowest BCUT2D eigenvalue weighted by molar-refractivity contribution is -0.121. The van der Waals surface area contributed by atoms with Crippen LogP contribution in [0.4, 0.5) is 5.69 Å². The highest BCUT2D eigenvalue weighted by Crippen LogP contribution is 2.41. The van der Waals surface area contributed by atoms with Gasteiger partial charge >= 0.3 is 0 Å². The Bertz CT molecular complexity index is 955. The van der Waals surface area contributed by atoms with Crippen LogP contribution in [-0.2, 0) is 11.3 Å². The number of amides is 1. The van der Waals surface area contributed by atoms with E-state index in [1.807, 2.05) is 90.9 Å². The maximum atomic E-state index is 13.4. The van der Waals surface area contributed by atoms with Gasteiger partial charge in [0.1, 0.15) is 5.75 Å². The zero-order chi connectivity index (χ0) is 18.8. The molecule has 0 radical (unpaired) electrons. The van der Waals surface area contributed by atoms with E-state index < -0.39 is 0 Å². The zero-order valence-corrected chi connectivity index (χ0v) is 15.5. The Balaban J connectivity index is 1.70. The number of hydrogen-bond acceptors (Lipinski definition) is 3. The molecule has 136 valence electrons. The van der Waals surface area contributed by atoms with Gasteiger partial charge in [-0.1, -0.05) is 66.7 Å². The highest BCUT2D eigenvalue weighted by Gasteiger charge is 2.40. The molecule has 27 heavy (non-hydrogen) atoms. The number of fused-ring (bicyclic) bond motifs is 1. The molecule has 1 heterocycles. The number of ether oxygens (including phenoxy) is 1. The fourth-order valence-electron chi connectivity index (χ4n) is 3.77. The fraction of sp³-hybridized carbons (Fsp3) is 0.174. The fourth-order valence-corrected chi connectivity index (χ4v) is 3.77. The average Bonchev–Trinajstić information content (AvgIpc) is 3.01. The van der Waals surface area contributed by atoms with E-state index in [9.17, 15) is 4.79 Å². The van der Waals surface area contributed by atoms with Crippen LogP contribution in [0.5, 0.6) is 5.75 Å². The van der Waals surface area contributed by atoms with Crippen molar-refractivity contribution in [2.75, 3.05) is 19.2 Å². The third kappa shape index (κ3) is 3.09. The molecule has 0 bridgehead atoms. The SMILES string of the molecule is COc1ccccc1CN(C)N1C(=O)[C@@H](c2ccccc2)c2ccccc21. The highest BCUT2D eigenvalue weighted by molar-refractivity contribution is 6.06. The predicted octanol–water partition coefficient (Wildman–Crippen LogP) is 4.22. The second kappa shape index (κ2) is 7.25. The minimum atomic E-state index is -0.275. The van der Waals surface area contributed by atoms with Crippen LogP contribution in [0.25, 0.3) is 0 Å². The molecule has 0 N–H and O–H groups in total. The molecule has 3 aromatic carbocycles. The number of carbonyl (C=O) groups excluding carboxylic acids is 1. The molecule has 4 rings (SSSR count). The highest BCUT2D eigenvalue weighted by atomic mass is 16.5. The summed E-state index contributed by atoms with van der Waals surface area (Å²) in [7, 11) is 3.61. The summed E-state index contributed by atoms with van der Waals surface area (Å²) in [6.07, 6.45) is 0. The van der Waals surface area contributed by atoms with Crippen molar-refractivity contribution in [3.8, 4) is 5.75 Å². The minimum absolute atomic E-state index is 0.0693. The summed E-state index contributed by atoms with van der Waals surface area (Å²) < 4.78 is 5.47. The number of carbonyl (C=O) groups is 1. The summed E-state index contributed by atoms with van der Waals surface area (Å²) in [5.74, 6) is 0.617. The van der Waals surface area contributed by atoms with Crippen LogP contribution in [0.2, 0.25) is 0 Å². The third-order valence-electron chi connectivity index (χ3n) is 5.00. The van der Waals surface area contributed by atoms with Crippen LogP contribution >= 0.6 is 0 Å². The van der Waals surface area contributed by atoms with Gasteiger partial charge in [-0.05, 0) is 23.3 Å². The molecular formula is C23H22N2O2. The molecule has 1 aliphatic heterocycles. The summed E-state index contributed by atoms with van der Waals surface area (Å²) in [6.45, 7) is 0.575. The summed E-state index contributed by atoms with van der Waals surface area (Å²) in [5, 5.41) is 3.75. The van der Waals surface area contributed by atoms with E-state index in [0.29, 0.717) is 6.54 Å². The van der Waals surface area contributed by atoms with Gasteiger partial charge in [-0.15, -0.1) is 0 Å². The molecule has 1 amide bonds. The molecule has 4 heteroatoms. The van der Waals surface area contributed by atoms with Gasteiger partial charge in [0, 0.05) is 19.2 Å². The number of hydrazine groups is 1. The van der Waals surface area contributed by atoms with Gasteiger partial charge in [-0.3, -0.25) is 4.79 Å². The summed E-state index contributed by atoms with van der Waals surface area (Å²) >= 11 is 0. The molecule has 3 aromatic rings. The smallest absolute Gasteiger partial charge is 0.253 e. The van der Waals surface area contributed by atoms with E-state index in [1.165, 1.54) is 0 Å². The first-order chi connectivity index (χ1) is 13.2. The van der Waals surface area contributed by atoms with Crippen molar-refractivity contribution >= 4 is 11.6 Å². The van der Waals surface area contributed by atoms with Crippen LogP contribution in [-0.4, -0.2) is 25.1 Å². The van der Waals surface area contributed by atoms with Crippen molar-refractivity contribution < 1.29 is 9.53 Å². The van der Waals surface area contributed by atoms with Crippen LogP contribution in [0.15, 0.2) is 78.9 Å². The molecule has 4 nitrogen and oxygen atoms in total.